The molecule has 0 saturated carbocycles. The monoisotopic (exact) mass is 285 g/mol. The van der Waals surface area contributed by atoms with Crippen molar-refractivity contribution in [2.24, 2.45) is 0 Å². The number of benzene rings is 2. The number of ether oxygens (including phenoxy) is 1. The number of carbonyl (C=O) groups excluding carboxylic acids is 1. The molecule has 0 spiro atoms. The third-order valence-electron chi connectivity index (χ3n) is 3.07. The molecule has 0 aliphatic rings. The first-order valence-electron chi connectivity index (χ1n) is 6.31. The topological polar surface area (TPSA) is 75.6 Å². The smallest absolute Gasteiger partial charge is 0.336 e. The Bertz CT molecular complexity index is 694. The molecule has 0 bridgehead atoms. The number of carbonyl (C=O) groups is 2. The van der Waals surface area contributed by atoms with Gasteiger partial charge in [0.1, 0.15) is 5.75 Å². The van der Waals surface area contributed by atoms with Crippen LogP contribution in [0.5, 0.6) is 5.75 Å². The van der Waals surface area contributed by atoms with Gasteiger partial charge in [0.25, 0.3) is 5.91 Å². The minimum absolute atomic E-state index is 0.0333. The molecule has 2 aromatic carbocycles. The third-order valence-corrected chi connectivity index (χ3v) is 3.07. The molecule has 0 aromatic heterocycles. The molecule has 0 saturated heterocycles. The van der Waals surface area contributed by atoms with E-state index < -0.39 is 11.9 Å². The van der Waals surface area contributed by atoms with Gasteiger partial charge in [0, 0.05) is 11.8 Å². The average Bonchev–Trinajstić information content (AvgIpc) is 2.49. The largest absolute Gasteiger partial charge is 0.496 e. The van der Waals surface area contributed by atoms with Crippen LogP contribution in [0.15, 0.2) is 42.5 Å². The molecule has 0 unspecified atom stereocenters. The summed E-state index contributed by atoms with van der Waals surface area (Å²) in [6, 6.07) is 11.3. The summed E-state index contributed by atoms with van der Waals surface area (Å²) in [7, 11) is 1.55. The van der Waals surface area contributed by atoms with E-state index in [2.05, 4.69) is 5.32 Å². The van der Waals surface area contributed by atoms with Crippen LogP contribution >= 0.6 is 0 Å². The lowest BCUT2D eigenvalue weighted by atomic mass is 10.1. The first-order chi connectivity index (χ1) is 10.0. The van der Waals surface area contributed by atoms with E-state index in [-0.39, 0.29) is 11.1 Å². The zero-order valence-corrected chi connectivity index (χ0v) is 11.7. The van der Waals surface area contributed by atoms with Crippen LogP contribution in [0.3, 0.4) is 0 Å². The molecule has 21 heavy (non-hydrogen) atoms. The summed E-state index contributed by atoms with van der Waals surface area (Å²) in [6.45, 7) is 1.89. The number of carboxylic acid groups (broad SMARTS) is 1. The van der Waals surface area contributed by atoms with E-state index in [1.54, 1.807) is 31.4 Å². The van der Waals surface area contributed by atoms with Crippen molar-refractivity contribution in [2.75, 3.05) is 12.4 Å². The molecule has 5 nitrogen and oxygen atoms in total. The van der Waals surface area contributed by atoms with Crippen LogP contribution in [0.25, 0.3) is 0 Å². The van der Waals surface area contributed by atoms with Crippen LogP contribution in [0.2, 0.25) is 0 Å². The van der Waals surface area contributed by atoms with E-state index in [0.29, 0.717) is 11.4 Å². The summed E-state index contributed by atoms with van der Waals surface area (Å²) in [5.41, 5.74) is 1.57. The number of hydrogen-bond acceptors (Lipinski definition) is 3. The Balaban J connectivity index is 2.28. The van der Waals surface area contributed by atoms with Crippen LogP contribution in [0, 0.1) is 6.92 Å². The van der Waals surface area contributed by atoms with E-state index in [4.69, 9.17) is 9.84 Å². The van der Waals surface area contributed by atoms with Gasteiger partial charge in [-0.1, -0.05) is 18.2 Å². The predicted octanol–water partition coefficient (Wildman–Crippen LogP) is 2.95. The maximum atomic E-state index is 12.2. The number of methoxy groups -OCH3 is 1. The average molecular weight is 285 g/mol. The highest BCUT2D eigenvalue weighted by atomic mass is 16.5. The van der Waals surface area contributed by atoms with Crippen molar-refractivity contribution < 1.29 is 19.4 Å². The molecule has 2 aromatic rings. The van der Waals surface area contributed by atoms with Gasteiger partial charge < -0.3 is 15.2 Å². The lowest BCUT2D eigenvalue weighted by Crippen LogP contribution is -2.16. The molecule has 0 heterocycles. The Kier molecular flexibility index (Phi) is 4.23. The highest BCUT2D eigenvalue weighted by Crippen LogP contribution is 2.23. The van der Waals surface area contributed by atoms with E-state index >= 15 is 0 Å². The molecule has 0 aliphatic carbocycles. The van der Waals surface area contributed by atoms with E-state index in [1.807, 2.05) is 13.0 Å². The van der Waals surface area contributed by atoms with Crippen molar-refractivity contribution in [2.45, 2.75) is 6.92 Å². The lowest BCUT2D eigenvalue weighted by Gasteiger charge is -2.10. The number of aryl methyl sites for hydroxylation is 1. The van der Waals surface area contributed by atoms with Gasteiger partial charge in [0.15, 0.2) is 0 Å². The minimum atomic E-state index is -1.14. The summed E-state index contributed by atoms with van der Waals surface area (Å²) in [5, 5.41) is 11.8. The van der Waals surface area contributed by atoms with Crippen molar-refractivity contribution in [1.82, 2.24) is 0 Å². The van der Waals surface area contributed by atoms with Gasteiger partial charge in [0.05, 0.1) is 18.2 Å². The zero-order chi connectivity index (χ0) is 15.4. The molecule has 2 N–H and O–H groups in total. The number of anilines is 1. The van der Waals surface area contributed by atoms with Crippen LogP contribution < -0.4 is 10.1 Å². The van der Waals surface area contributed by atoms with Crippen LogP contribution in [0.4, 0.5) is 5.69 Å². The fourth-order valence-corrected chi connectivity index (χ4v) is 1.96. The Morgan fingerprint density at radius 3 is 2.38 bits per heavy atom. The Labute approximate surface area is 122 Å². The maximum absolute atomic E-state index is 12.2. The number of carboxylic acids is 1. The summed E-state index contributed by atoms with van der Waals surface area (Å²) in [5.74, 6) is -0.958. The fourth-order valence-electron chi connectivity index (χ4n) is 1.96. The van der Waals surface area contributed by atoms with Crippen molar-refractivity contribution in [1.29, 1.82) is 0 Å². The van der Waals surface area contributed by atoms with Gasteiger partial charge in [0.2, 0.25) is 0 Å². The summed E-state index contributed by atoms with van der Waals surface area (Å²) >= 11 is 0. The van der Waals surface area contributed by atoms with Gasteiger partial charge in [-0.05, 0) is 30.7 Å². The van der Waals surface area contributed by atoms with E-state index in [9.17, 15) is 9.59 Å². The molecule has 0 aliphatic heterocycles. The fraction of sp³-hybridized carbons (Fsp3) is 0.125. The second-order valence-corrected chi connectivity index (χ2v) is 4.49. The number of amides is 1. The second-order valence-electron chi connectivity index (χ2n) is 4.49. The second kappa shape index (κ2) is 6.09. The molecule has 108 valence electrons. The zero-order valence-electron chi connectivity index (χ0n) is 11.7. The van der Waals surface area contributed by atoms with Gasteiger partial charge in [-0.3, -0.25) is 4.79 Å². The summed E-state index contributed by atoms with van der Waals surface area (Å²) < 4.78 is 5.19. The van der Waals surface area contributed by atoms with Gasteiger partial charge in [-0.2, -0.15) is 0 Å². The Morgan fingerprint density at radius 2 is 1.76 bits per heavy atom. The van der Waals surface area contributed by atoms with Gasteiger partial charge in [-0.25, -0.2) is 4.79 Å². The molecular weight excluding hydrogens is 270 g/mol. The van der Waals surface area contributed by atoms with E-state index in [0.717, 1.165) is 5.56 Å². The lowest BCUT2D eigenvalue weighted by molar-refractivity contribution is 0.0692. The van der Waals surface area contributed by atoms with Crippen LogP contribution in [-0.2, 0) is 0 Å². The molecule has 1 amide bonds. The molecule has 2 rings (SSSR count). The normalized spacial score (nSPS) is 10.0. The SMILES string of the molecule is COc1cc(NC(=O)c2ccccc2C(=O)O)ccc1C. The van der Waals surface area contributed by atoms with Gasteiger partial charge in [-0.15, -0.1) is 0 Å². The highest BCUT2D eigenvalue weighted by molar-refractivity contribution is 6.10. The summed E-state index contributed by atoms with van der Waals surface area (Å²) in [4.78, 5) is 23.3. The molecule has 0 fully saturated rings. The molecule has 0 radical (unpaired) electrons. The van der Waals surface area contributed by atoms with Crippen LogP contribution in [0.1, 0.15) is 26.3 Å². The third kappa shape index (κ3) is 3.20. The van der Waals surface area contributed by atoms with E-state index in [1.165, 1.54) is 12.1 Å². The standard InChI is InChI=1S/C16H15NO4/c1-10-7-8-11(9-14(10)21-2)17-15(18)12-5-3-4-6-13(12)16(19)20/h3-9H,1-2H3,(H,17,18)(H,19,20). The highest BCUT2D eigenvalue weighted by Gasteiger charge is 2.16. The van der Waals surface area contributed by atoms with Crippen molar-refractivity contribution in [3.8, 4) is 5.75 Å². The van der Waals surface area contributed by atoms with Crippen molar-refractivity contribution in [3.05, 3.63) is 59.2 Å². The Hall–Kier alpha value is -2.82. The number of rotatable bonds is 4. The van der Waals surface area contributed by atoms with Crippen LogP contribution in [-0.4, -0.2) is 24.1 Å². The number of nitrogens with one attached hydrogen (secondary N) is 1. The maximum Gasteiger partial charge on any atom is 0.336 e. The quantitative estimate of drug-likeness (QED) is 0.905. The predicted molar refractivity (Wildman–Crippen MR) is 79.1 cm³/mol. The van der Waals surface area contributed by atoms with Crippen molar-refractivity contribution >= 4 is 17.6 Å². The molecular formula is C16H15NO4. The Morgan fingerprint density at radius 1 is 1.10 bits per heavy atom. The van der Waals surface area contributed by atoms with Gasteiger partial charge >= 0.3 is 5.97 Å². The minimum Gasteiger partial charge on any atom is -0.496 e. The first-order valence-corrected chi connectivity index (χ1v) is 6.31. The summed E-state index contributed by atoms with van der Waals surface area (Å²) in [6.07, 6.45) is 0. The first kappa shape index (κ1) is 14.6. The molecule has 0 atom stereocenters. The molecule has 5 heteroatoms. The van der Waals surface area contributed by atoms with Crippen molar-refractivity contribution in [3.63, 3.8) is 0 Å². The number of hydrogen-bond donors (Lipinski definition) is 2. The number of aromatic carboxylic acids is 1.